The summed E-state index contributed by atoms with van der Waals surface area (Å²) in [6.07, 6.45) is 2.57. The number of anilines is 1. The summed E-state index contributed by atoms with van der Waals surface area (Å²) in [7, 11) is 0. The molecule has 0 bridgehead atoms. The monoisotopic (exact) mass is 252 g/mol. The number of likely N-dealkylation sites (N-methyl/N-ethyl adjacent to an activating group) is 1. The van der Waals surface area contributed by atoms with Crippen molar-refractivity contribution in [3.63, 3.8) is 0 Å². The number of hydrogen-bond acceptors (Lipinski definition) is 5. The molecule has 2 N–H and O–H groups in total. The summed E-state index contributed by atoms with van der Waals surface area (Å²) in [5, 5.41) is 11.8. The van der Waals surface area contributed by atoms with E-state index in [0.29, 0.717) is 12.5 Å². The zero-order valence-electron chi connectivity index (χ0n) is 10.9. The molecular weight excluding hydrogens is 232 g/mol. The molecule has 0 radical (unpaired) electrons. The topological polar surface area (TPSA) is 78.4 Å². The van der Waals surface area contributed by atoms with Crippen LogP contribution in [0.15, 0.2) is 12.3 Å². The lowest BCUT2D eigenvalue weighted by atomic mass is 10.4. The highest BCUT2D eigenvalue weighted by Crippen LogP contribution is 2.00. The smallest absolute Gasteiger partial charge is 0.354 e. The Morgan fingerprint density at radius 2 is 2.22 bits per heavy atom. The van der Waals surface area contributed by atoms with Gasteiger partial charge in [-0.15, -0.1) is 0 Å². The third-order valence-corrected chi connectivity index (χ3v) is 2.57. The standard InChI is InChI=1S/C12H20N4O2/c1-3-8-16(4-2)9-7-14-12-13-6-5-10(15-12)11(17)18/h5-6H,3-4,7-9H2,1-2H3,(H,17,18)(H,13,14,15). The molecule has 1 aromatic heterocycles. The van der Waals surface area contributed by atoms with Crippen LogP contribution in [0.2, 0.25) is 0 Å². The Hall–Kier alpha value is -1.69. The average Bonchev–Trinajstić information content (AvgIpc) is 2.38. The number of carboxylic acid groups (broad SMARTS) is 1. The molecule has 0 unspecified atom stereocenters. The van der Waals surface area contributed by atoms with Gasteiger partial charge in [-0.05, 0) is 25.6 Å². The van der Waals surface area contributed by atoms with Gasteiger partial charge in [0.1, 0.15) is 0 Å². The maximum Gasteiger partial charge on any atom is 0.354 e. The van der Waals surface area contributed by atoms with E-state index in [1.165, 1.54) is 12.3 Å². The minimum Gasteiger partial charge on any atom is -0.477 e. The van der Waals surface area contributed by atoms with Crippen LogP contribution in [0.5, 0.6) is 0 Å². The third kappa shape index (κ3) is 4.67. The van der Waals surface area contributed by atoms with Crippen molar-refractivity contribution >= 4 is 11.9 Å². The summed E-state index contributed by atoms with van der Waals surface area (Å²) in [5.74, 6) is -0.677. The van der Waals surface area contributed by atoms with Crippen LogP contribution in [0.1, 0.15) is 30.8 Å². The fraction of sp³-hybridized carbons (Fsp3) is 0.583. The van der Waals surface area contributed by atoms with Crippen LogP contribution >= 0.6 is 0 Å². The highest BCUT2D eigenvalue weighted by molar-refractivity contribution is 5.85. The van der Waals surface area contributed by atoms with Gasteiger partial charge in [0.25, 0.3) is 0 Å². The van der Waals surface area contributed by atoms with Gasteiger partial charge < -0.3 is 15.3 Å². The first-order chi connectivity index (χ1) is 8.67. The Bertz CT molecular complexity index is 384. The van der Waals surface area contributed by atoms with E-state index >= 15 is 0 Å². The van der Waals surface area contributed by atoms with E-state index in [9.17, 15) is 4.79 Å². The molecule has 0 saturated heterocycles. The number of nitrogens with one attached hydrogen (secondary N) is 1. The Balaban J connectivity index is 2.43. The molecule has 0 amide bonds. The summed E-state index contributed by atoms with van der Waals surface area (Å²) in [4.78, 5) is 20.9. The van der Waals surface area contributed by atoms with E-state index in [2.05, 4.69) is 34.0 Å². The van der Waals surface area contributed by atoms with Crippen LogP contribution in [0.3, 0.4) is 0 Å². The van der Waals surface area contributed by atoms with Gasteiger partial charge >= 0.3 is 5.97 Å². The SMILES string of the molecule is CCCN(CC)CCNc1nccc(C(=O)O)n1. The first-order valence-electron chi connectivity index (χ1n) is 6.20. The average molecular weight is 252 g/mol. The van der Waals surface area contributed by atoms with Gasteiger partial charge in [-0.3, -0.25) is 0 Å². The number of nitrogens with zero attached hydrogens (tertiary/aromatic N) is 3. The number of hydrogen-bond donors (Lipinski definition) is 2. The van der Waals surface area contributed by atoms with Crippen molar-refractivity contribution in [1.82, 2.24) is 14.9 Å². The number of aromatic carboxylic acids is 1. The summed E-state index contributed by atoms with van der Waals surface area (Å²) in [6, 6.07) is 1.38. The molecule has 0 fully saturated rings. The third-order valence-electron chi connectivity index (χ3n) is 2.57. The molecule has 1 heterocycles. The first-order valence-corrected chi connectivity index (χ1v) is 6.20. The van der Waals surface area contributed by atoms with Gasteiger partial charge in [0.2, 0.25) is 5.95 Å². The van der Waals surface area contributed by atoms with Crippen molar-refractivity contribution in [1.29, 1.82) is 0 Å². The quantitative estimate of drug-likeness (QED) is 0.726. The van der Waals surface area contributed by atoms with Gasteiger partial charge in [-0.1, -0.05) is 13.8 Å². The van der Waals surface area contributed by atoms with Crippen LogP contribution < -0.4 is 5.32 Å². The molecular formula is C12H20N4O2. The Morgan fingerprint density at radius 3 is 2.83 bits per heavy atom. The Morgan fingerprint density at radius 1 is 1.44 bits per heavy atom. The number of rotatable bonds is 8. The molecule has 0 aliphatic heterocycles. The molecule has 18 heavy (non-hydrogen) atoms. The van der Waals surface area contributed by atoms with Crippen LogP contribution in [0.4, 0.5) is 5.95 Å². The molecule has 1 rings (SSSR count). The minimum absolute atomic E-state index is 0.00778. The van der Waals surface area contributed by atoms with Crippen molar-refractivity contribution in [2.24, 2.45) is 0 Å². The summed E-state index contributed by atoms with van der Waals surface area (Å²) >= 11 is 0. The van der Waals surface area contributed by atoms with Crippen molar-refractivity contribution in [2.75, 3.05) is 31.5 Å². The van der Waals surface area contributed by atoms with Gasteiger partial charge in [0.15, 0.2) is 5.69 Å². The molecule has 6 nitrogen and oxygen atoms in total. The van der Waals surface area contributed by atoms with E-state index in [-0.39, 0.29) is 5.69 Å². The zero-order chi connectivity index (χ0) is 13.4. The minimum atomic E-state index is -1.04. The lowest BCUT2D eigenvalue weighted by Crippen LogP contribution is -2.30. The van der Waals surface area contributed by atoms with Gasteiger partial charge in [0, 0.05) is 19.3 Å². The van der Waals surface area contributed by atoms with E-state index in [1.54, 1.807) is 0 Å². The van der Waals surface area contributed by atoms with Crippen molar-refractivity contribution < 1.29 is 9.90 Å². The van der Waals surface area contributed by atoms with E-state index in [4.69, 9.17) is 5.11 Å². The predicted octanol–water partition coefficient (Wildman–Crippen LogP) is 1.32. The maximum absolute atomic E-state index is 10.7. The Labute approximate surface area is 107 Å². The number of carboxylic acids is 1. The zero-order valence-corrected chi connectivity index (χ0v) is 10.9. The van der Waals surface area contributed by atoms with Crippen LogP contribution in [-0.2, 0) is 0 Å². The second kappa shape index (κ2) is 7.60. The fourth-order valence-corrected chi connectivity index (χ4v) is 1.63. The summed E-state index contributed by atoms with van der Waals surface area (Å²) < 4.78 is 0. The highest BCUT2D eigenvalue weighted by atomic mass is 16.4. The Kier molecular flexibility index (Phi) is 6.07. The van der Waals surface area contributed by atoms with E-state index < -0.39 is 5.97 Å². The molecule has 0 aliphatic rings. The molecule has 0 aromatic carbocycles. The molecule has 100 valence electrons. The van der Waals surface area contributed by atoms with Crippen molar-refractivity contribution in [3.8, 4) is 0 Å². The number of carbonyl (C=O) groups is 1. The lowest BCUT2D eigenvalue weighted by Gasteiger charge is -2.19. The summed E-state index contributed by atoms with van der Waals surface area (Å²) in [5.41, 5.74) is 0.00778. The second-order valence-corrected chi connectivity index (χ2v) is 3.93. The molecule has 1 aromatic rings. The highest BCUT2D eigenvalue weighted by Gasteiger charge is 2.06. The van der Waals surface area contributed by atoms with Crippen molar-refractivity contribution in [2.45, 2.75) is 20.3 Å². The van der Waals surface area contributed by atoms with Gasteiger partial charge in [-0.25, -0.2) is 14.8 Å². The molecule has 0 aliphatic carbocycles. The van der Waals surface area contributed by atoms with E-state index in [1.807, 2.05) is 0 Å². The molecule has 6 heteroatoms. The molecule has 0 saturated carbocycles. The second-order valence-electron chi connectivity index (χ2n) is 3.93. The molecule has 0 spiro atoms. The normalized spacial score (nSPS) is 10.6. The fourth-order valence-electron chi connectivity index (χ4n) is 1.63. The van der Waals surface area contributed by atoms with Gasteiger partial charge in [-0.2, -0.15) is 0 Å². The lowest BCUT2D eigenvalue weighted by molar-refractivity contribution is 0.0690. The predicted molar refractivity (Wildman–Crippen MR) is 69.9 cm³/mol. The van der Waals surface area contributed by atoms with Crippen molar-refractivity contribution in [3.05, 3.63) is 18.0 Å². The molecule has 0 atom stereocenters. The first kappa shape index (κ1) is 14.4. The largest absolute Gasteiger partial charge is 0.477 e. The number of aromatic nitrogens is 2. The van der Waals surface area contributed by atoms with Gasteiger partial charge in [0.05, 0.1) is 0 Å². The van der Waals surface area contributed by atoms with Crippen LogP contribution in [0.25, 0.3) is 0 Å². The van der Waals surface area contributed by atoms with Crippen LogP contribution in [-0.4, -0.2) is 52.1 Å². The van der Waals surface area contributed by atoms with Crippen LogP contribution in [0, 0.1) is 0 Å². The maximum atomic E-state index is 10.7. The summed E-state index contributed by atoms with van der Waals surface area (Å²) in [6.45, 7) is 7.94. The van der Waals surface area contributed by atoms with E-state index in [0.717, 1.165) is 26.1 Å².